The van der Waals surface area contributed by atoms with Crippen molar-refractivity contribution in [3.8, 4) is 0 Å². The zero-order chi connectivity index (χ0) is 14.0. The van der Waals surface area contributed by atoms with Gasteiger partial charge in [0.15, 0.2) is 0 Å². The second-order valence-corrected chi connectivity index (χ2v) is 7.34. The lowest BCUT2D eigenvalue weighted by Gasteiger charge is -2.42. The zero-order valence-corrected chi connectivity index (χ0v) is 13.1. The molecule has 1 saturated carbocycles. The van der Waals surface area contributed by atoms with Gasteiger partial charge in [-0.2, -0.15) is 0 Å². The van der Waals surface area contributed by atoms with Crippen LogP contribution in [-0.4, -0.2) is 11.6 Å². The summed E-state index contributed by atoms with van der Waals surface area (Å²) < 4.78 is 5.92. The Morgan fingerprint density at radius 2 is 1.61 bits per heavy atom. The number of rotatable bonds is 3. The van der Waals surface area contributed by atoms with Crippen molar-refractivity contribution in [2.45, 2.75) is 85.7 Å². The van der Waals surface area contributed by atoms with Gasteiger partial charge >= 0.3 is 5.97 Å². The van der Waals surface area contributed by atoms with Gasteiger partial charge in [-0.1, -0.05) is 34.1 Å². The molecule has 0 aromatic heterocycles. The number of hydrogen-bond donors (Lipinski definition) is 0. The van der Waals surface area contributed by atoms with E-state index in [1.54, 1.807) is 0 Å². The molecule has 0 saturated heterocycles. The molecule has 0 bridgehead atoms. The number of hydrogen-bond acceptors (Lipinski definition) is 2. The highest BCUT2D eigenvalue weighted by Gasteiger charge is 2.46. The summed E-state index contributed by atoms with van der Waals surface area (Å²) in [5.74, 6) is -0.0121. The van der Waals surface area contributed by atoms with Crippen LogP contribution in [0, 0.1) is 10.8 Å². The lowest BCUT2D eigenvalue weighted by molar-refractivity contribution is -0.180. The zero-order valence-electron chi connectivity index (χ0n) is 13.1. The van der Waals surface area contributed by atoms with Gasteiger partial charge in [-0.05, 0) is 51.4 Å². The largest absolute Gasteiger partial charge is 0.459 e. The molecule has 0 aromatic carbocycles. The average molecular weight is 254 g/mol. The summed E-state index contributed by atoms with van der Waals surface area (Å²) in [4.78, 5) is 12.6. The Hall–Kier alpha value is -0.530. The number of ether oxygens (including phenoxy) is 1. The first-order chi connectivity index (χ1) is 8.15. The predicted molar refractivity (Wildman–Crippen MR) is 75.4 cm³/mol. The van der Waals surface area contributed by atoms with Gasteiger partial charge in [-0.25, -0.2) is 0 Å². The maximum atomic E-state index is 12.6. The first-order valence-corrected chi connectivity index (χ1v) is 7.38. The molecular formula is C16H30O2. The van der Waals surface area contributed by atoms with Crippen LogP contribution in [0.25, 0.3) is 0 Å². The third-order valence-electron chi connectivity index (χ3n) is 5.06. The van der Waals surface area contributed by atoms with Gasteiger partial charge in [0.1, 0.15) is 5.60 Å². The fraction of sp³-hybridized carbons (Fsp3) is 0.938. The molecule has 106 valence electrons. The standard InChI is InChI=1S/C16H30O2/c1-7-16(6,14(2,3)4)13(17)18-15(5)11-9-8-10-12-15/h7-12H2,1-6H3. The molecule has 1 rings (SSSR count). The Morgan fingerprint density at radius 3 is 2.00 bits per heavy atom. The molecule has 0 aromatic rings. The van der Waals surface area contributed by atoms with Gasteiger partial charge in [-0.15, -0.1) is 0 Å². The second-order valence-electron chi connectivity index (χ2n) is 7.34. The normalized spacial score (nSPS) is 23.2. The summed E-state index contributed by atoms with van der Waals surface area (Å²) in [6.45, 7) is 12.6. The summed E-state index contributed by atoms with van der Waals surface area (Å²) >= 11 is 0. The third-order valence-corrected chi connectivity index (χ3v) is 5.06. The van der Waals surface area contributed by atoms with E-state index in [0.29, 0.717) is 0 Å². The fourth-order valence-corrected chi connectivity index (χ4v) is 2.72. The number of carbonyl (C=O) groups is 1. The molecule has 1 aliphatic carbocycles. The summed E-state index contributed by atoms with van der Waals surface area (Å²) in [5.41, 5.74) is -0.686. The van der Waals surface area contributed by atoms with E-state index in [1.165, 1.54) is 19.3 Å². The average Bonchev–Trinajstić information content (AvgIpc) is 2.26. The maximum Gasteiger partial charge on any atom is 0.312 e. The molecule has 0 N–H and O–H groups in total. The van der Waals surface area contributed by atoms with Crippen LogP contribution < -0.4 is 0 Å². The second kappa shape index (κ2) is 5.22. The molecule has 1 aliphatic rings. The molecule has 0 heterocycles. The van der Waals surface area contributed by atoms with E-state index in [9.17, 15) is 4.79 Å². The van der Waals surface area contributed by atoms with Gasteiger partial charge in [0, 0.05) is 0 Å². The molecule has 2 nitrogen and oxygen atoms in total. The SMILES string of the molecule is CCC(C)(C(=O)OC1(C)CCCCC1)C(C)(C)C. The van der Waals surface area contributed by atoms with E-state index in [4.69, 9.17) is 4.74 Å². The molecule has 18 heavy (non-hydrogen) atoms. The summed E-state index contributed by atoms with van der Waals surface area (Å²) in [7, 11) is 0. The van der Waals surface area contributed by atoms with Crippen LogP contribution in [0.5, 0.6) is 0 Å². The minimum absolute atomic E-state index is 0.0121. The number of esters is 1. The summed E-state index contributed by atoms with van der Waals surface area (Å²) in [5, 5.41) is 0. The topological polar surface area (TPSA) is 26.3 Å². The lowest BCUT2D eigenvalue weighted by atomic mass is 9.66. The molecular weight excluding hydrogens is 224 g/mol. The number of carbonyl (C=O) groups excluding carboxylic acids is 1. The van der Waals surface area contributed by atoms with Crippen LogP contribution in [0.4, 0.5) is 0 Å². The van der Waals surface area contributed by atoms with Crippen LogP contribution in [-0.2, 0) is 9.53 Å². The quantitative estimate of drug-likeness (QED) is 0.681. The molecule has 2 heteroatoms. The van der Waals surface area contributed by atoms with Gasteiger partial charge < -0.3 is 4.74 Å². The first kappa shape index (κ1) is 15.5. The fourth-order valence-electron chi connectivity index (χ4n) is 2.72. The molecule has 1 fully saturated rings. The maximum absolute atomic E-state index is 12.6. The van der Waals surface area contributed by atoms with E-state index in [0.717, 1.165) is 19.3 Å². The minimum atomic E-state index is -0.395. The first-order valence-electron chi connectivity index (χ1n) is 7.38. The molecule has 0 aliphatic heterocycles. The van der Waals surface area contributed by atoms with Crippen molar-refractivity contribution in [1.29, 1.82) is 0 Å². The van der Waals surface area contributed by atoms with Gasteiger partial charge in [0.25, 0.3) is 0 Å². The molecule has 0 amide bonds. The van der Waals surface area contributed by atoms with Crippen molar-refractivity contribution >= 4 is 5.97 Å². The van der Waals surface area contributed by atoms with E-state index >= 15 is 0 Å². The van der Waals surface area contributed by atoms with E-state index in [-0.39, 0.29) is 17.0 Å². The Bertz CT molecular complexity index is 295. The van der Waals surface area contributed by atoms with Gasteiger partial charge in [-0.3, -0.25) is 4.79 Å². The van der Waals surface area contributed by atoms with Crippen molar-refractivity contribution < 1.29 is 9.53 Å². The highest BCUT2D eigenvalue weighted by atomic mass is 16.6. The van der Waals surface area contributed by atoms with Crippen LogP contribution >= 0.6 is 0 Å². The Labute approximate surface area is 112 Å². The van der Waals surface area contributed by atoms with Crippen molar-refractivity contribution in [1.82, 2.24) is 0 Å². The van der Waals surface area contributed by atoms with Crippen LogP contribution in [0.15, 0.2) is 0 Å². The summed E-state index contributed by atoms with van der Waals surface area (Å²) in [6.07, 6.45) is 6.50. The van der Waals surface area contributed by atoms with Gasteiger partial charge in [0.2, 0.25) is 0 Å². The van der Waals surface area contributed by atoms with Crippen molar-refractivity contribution in [3.05, 3.63) is 0 Å². The highest BCUT2D eigenvalue weighted by Crippen LogP contribution is 2.44. The predicted octanol–water partition coefficient (Wildman–Crippen LogP) is 4.71. The Balaban J connectivity index is 2.80. The van der Waals surface area contributed by atoms with E-state index in [1.807, 2.05) is 6.92 Å². The Kier molecular flexibility index (Phi) is 4.51. The highest BCUT2D eigenvalue weighted by molar-refractivity contribution is 5.77. The van der Waals surface area contributed by atoms with Crippen LogP contribution in [0.1, 0.15) is 80.1 Å². The molecule has 1 atom stereocenters. The minimum Gasteiger partial charge on any atom is -0.459 e. The van der Waals surface area contributed by atoms with E-state index < -0.39 is 5.41 Å². The van der Waals surface area contributed by atoms with Crippen molar-refractivity contribution in [2.75, 3.05) is 0 Å². The molecule has 1 unspecified atom stereocenters. The smallest absolute Gasteiger partial charge is 0.312 e. The third kappa shape index (κ3) is 3.07. The van der Waals surface area contributed by atoms with Crippen LogP contribution in [0.2, 0.25) is 0 Å². The Morgan fingerprint density at radius 1 is 1.11 bits per heavy atom. The molecule has 0 spiro atoms. The van der Waals surface area contributed by atoms with Crippen molar-refractivity contribution in [3.63, 3.8) is 0 Å². The summed E-state index contributed by atoms with van der Waals surface area (Å²) in [6, 6.07) is 0. The van der Waals surface area contributed by atoms with E-state index in [2.05, 4.69) is 34.6 Å². The lowest BCUT2D eigenvalue weighted by Crippen LogP contribution is -2.45. The van der Waals surface area contributed by atoms with Crippen LogP contribution in [0.3, 0.4) is 0 Å². The van der Waals surface area contributed by atoms with Gasteiger partial charge in [0.05, 0.1) is 5.41 Å². The monoisotopic (exact) mass is 254 g/mol. The molecule has 0 radical (unpaired) electrons. The van der Waals surface area contributed by atoms with Crippen molar-refractivity contribution in [2.24, 2.45) is 10.8 Å².